The summed E-state index contributed by atoms with van der Waals surface area (Å²) in [5, 5.41) is 19.9. The fourth-order valence-electron chi connectivity index (χ4n) is 5.04. The van der Waals surface area contributed by atoms with Crippen LogP contribution in [0.15, 0.2) is 10.2 Å². The molecule has 6 heteroatoms. The lowest BCUT2D eigenvalue weighted by molar-refractivity contribution is -0.560. The first-order valence-electron chi connectivity index (χ1n) is 10.0. The third kappa shape index (κ3) is 4.81. The van der Waals surface area contributed by atoms with Gasteiger partial charge in [-0.25, -0.2) is 4.58 Å². The molecule has 25 heavy (non-hydrogen) atoms. The van der Waals surface area contributed by atoms with Crippen LogP contribution in [0, 0.1) is 11.8 Å². The first-order chi connectivity index (χ1) is 12.1. The maximum atomic E-state index is 10.6. The maximum Gasteiger partial charge on any atom is 0.156 e. The molecular formula is C19H34ClN4O+. The molecule has 0 saturated heterocycles. The molecule has 0 heterocycles. The summed E-state index contributed by atoms with van der Waals surface area (Å²) in [4.78, 5) is 0. The Morgan fingerprint density at radius 1 is 1.04 bits per heavy atom. The minimum atomic E-state index is -0.346. The topological polar surface area (TPSA) is 74.0 Å². The molecule has 0 aliphatic heterocycles. The number of alkyl halides is 1. The second-order valence-electron chi connectivity index (χ2n) is 8.33. The Morgan fingerprint density at radius 3 is 2.48 bits per heavy atom. The summed E-state index contributed by atoms with van der Waals surface area (Å²) < 4.78 is 2.14. The number of nitrogens with zero attached hydrogens (tertiary/aromatic N) is 3. The Morgan fingerprint density at radius 2 is 1.76 bits per heavy atom. The lowest BCUT2D eigenvalue weighted by atomic mass is 9.66. The van der Waals surface area contributed by atoms with E-state index in [-0.39, 0.29) is 12.1 Å². The summed E-state index contributed by atoms with van der Waals surface area (Å²) in [5.41, 5.74) is 5.98. The second-order valence-corrected chi connectivity index (χ2v) is 8.70. The molecule has 0 spiro atoms. The van der Waals surface area contributed by atoms with Gasteiger partial charge in [0.15, 0.2) is 12.6 Å². The van der Waals surface area contributed by atoms with Gasteiger partial charge in [-0.15, -0.1) is 11.6 Å². The third-order valence-corrected chi connectivity index (χ3v) is 6.85. The quantitative estimate of drug-likeness (QED) is 0.338. The van der Waals surface area contributed by atoms with E-state index in [1.54, 1.807) is 0 Å². The van der Waals surface area contributed by atoms with Crippen molar-refractivity contribution in [3.8, 4) is 0 Å². The van der Waals surface area contributed by atoms with Crippen LogP contribution in [0.5, 0.6) is 0 Å². The van der Waals surface area contributed by atoms with Gasteiger partial charge >= 0.3 is 0 Å². The zero-order valence-corrected chi connectivity index (χ0v) is 16.0. The van der Waals surface area contributed by atoms with E-state index in [2.05, 4.69) is 16.4 Å². The molecule has 3 fully saturated rings. The highest BCUT2D eigenvalue weighted by molar-refractivity contribution is 6.17. The highest BCUT2D eigenvalue weighted by Gasteiger charge is 2.44. The standard InChI is InChI=1S/C19H34ClN4O/c1-24(11-10-20)16-8-2-13-3-9-18(25)19(17(13)12-16)23-22-15-6-4-14(21)5-7-15/h13-19,25H,1-12,21H2/q+1. The number of aliphatic hydroxyl groups is 1. The van der Waals surface area contributed by atoms with Crippen molar-refractivity contribution in [2.45, 2.75) is 88.1 Å². The van der Waals surface area contributed by atoms with Gasteiger partial charge in [-0.05, 0) is 56.8 Å². The van der Waals surface area contributed by atoms with E-state index in [0.717, 1.165) is 51.5 Å². The normalized spacial score (nSPS) is 42.3. The van der Waals surface area contributed by atoms with Crippen molar-refractivity contribution < 1.29 is 9.68 Å². The zero-order chi connectivity index (χ0) is 17.8. The highest BCUT2D eigenvalue weighted by atomic mass is 35.5. The highest BCUT2D eigenvalue weighted by Crippen LogP contribution is 2.43. The van der Waals surface area contributed by atoms with E-state index in [0.29, 0.717) is 35.8 Å². The van der Waals surface area contributed by atoms with Crippen LogP contribution in [0.2, 0.25) is 0 Å². The van der Waals surface area contributed by atoms with Crippen molar-refractivity contribution in [1.82, 2.24) is 0 Å². The van der Waals surface area contributed by atoms with Gasteiger partial charge < -0.3 is 10.8 Å². The van der Waals surface area contributed by atoms with Crippen LogP contribution in [0.1, 0.15) is 57.8 Å². The van der Waals surface area contributed by atoms with Crippen molar-refractivity contribution in [2.75, 3.05) is 12.4 Å². The Balaban J connectivity index is 1.64. The fraction of sp³-hybridized carbons (Fsp3) is 0.947. The molecule has 3 rings (SSSR count). The van der Waals surface area contributed by atoms with Crippen LogP contribution < -0.4 is 5.73 Å². The molecule has 0 aromatic rings. The number of aliphatic hydroxyl groups excluding tert-OH is 1. The largest absolute Gasteiger partial charge is 0.391 e. The van der Waals surface area contributed by atoms with Crippen LogP contribution in [0.25, 0.3) is 0 Å². The number of hydrogen-bond acceptors (Lipinski definition) is 4. The molecule has 5 nitrogen and oxygen atoms in total. The Bertz CT molecular complexity index is 478. The monoisotopic (exact) mass is 369 g/mol. The Labute approximate surface area is 156 Å². The van der Waals surface area contributed by atoms with E-state index < -0.39 is 0 Å². The van der Waals surface area contributed by atoms with Crippen molar-refractivity contribution in [3.05, 3.63) is 0 Å². The van der Waals surface area contributed by atoms with Crippen LogP contribution in [-0.4, -0.2) is 59.1 Å². The van der Waals surface area contributed by atoms with E-state index in [4.69, 9.17) is 22.4 Å². The van der Waals surface area contributed by atoms with Crippen LogP contribution in [-0.2, 0) is 0 Å². The molecule has 5 unspecified atom stereocenters. The number of fused-ring (bicyclic) bond motifs is 1. The van der Waals surface area contributed by atoms with Crippen LogP contribution in [0.3, 0.4) is 0 Å². The molecular weight excluding hydrogens is 336 g/mol. The number of rotatable bonds is 5. The maximum absolute atomic E-state index is 10.6. The van der Waals surface area contributed by atoms with Crippen LogP contribution in [0.4, 0.5) is 0 Å². The summed E-state index contributed by atoms with van der Waals surface area (Å²) in [5.74, 6) is 1.72. The minimum absolute atomic E-state index is 0.0402. The SMILES string of the molecule is C=[N+](CCCl)C1CCC2CCC(O)C(N=NC3CCC(N)CC3)C2C1. The molecule has 3 aliphatic rings. The summed E-state index contributed by atoms with van der Waals surface area (Å²) in [6, 6.07) is 1.05. The molecule has 0 aromatic heterocycles. The van der Waals surface area contributed by atoms with E-state index in [1.807, 2.05) is 0 Å². The summed E-state index contributed by atoms with van der Waals surface area (Å²) >= 11 is 5.89. The number of nitrogens with two attached hydrogens (primary N) is 1. The molecule has 3 saturated carbocycles. The Kier molecular flexibility index (Phi) is 6.86. The van der Waals surface area contributed by atoms with Gasteiger partial charge in [-0.2, -0.15) is 10.2 Å². The van der Waals surface area contributed by atoms with Gasteiger partial charge in [0.05, 0.1) is 24.1 Å². The second kappa shape index (κ2) is 8.92. The van der Waals surface area contributed by atoms with Gasteiger partial charge in [0.25, 0.3) is 0 Å². The van der Waals surface area contributed by atoms with Crippen molar-refractivity contribution in [2.24, 2.45) is 27.8 Å². The number of azo groups is 1. The van der Waals surface area contributed by atoms with Crippen molar-refractivity contribution in [1.29, 1.82) is 0 Å². The summed E-state index contributed by atoms with van der Waals surface area (Å²) in [6.45, 7) is 5.00. The number of hydrogen-bond donors (Lipinski definition) is 2. The number of halogens is 1. The van der Waals surface area contributed by atoms with Crippen LogP contribution >= 0.6 is 11.6 Å². The van der Waals surface area contributed by atoms with E-state index >= 15 is 0 Å². The predicted octanol–water partition coefficient (Wildman–Crippen LogP) is 2.97. The van der Waals surface area contributed by atoms with Gasteiger partial charge in [0, 0.05) is 18.9 Å². The zero-order valence-electron chi connectivity index (χ0n) is 15.3. The lowest BCUT2D eigenvalue weighted by Gasteiger charge is -2.43. The first-order valence-corrected chi connectivity index (χ1v) is 10.6. The molecule has 0 amide bonds. The van der Waals surface area contributed by atoms with Gasteiger partial charge in [0.2, 0.25) is 0 Å². The first kappa shape index (κ1) is 19.2. The van der Waals surface area contributed by atoms with Gasteiger partial charge in [-0.1, -0.05) is 0 Å². The van der Waals surface area contributed by atoms with Crippen molar-refractivity contribution >= 4 is 18.3 Å². The van der Waals surface area contributed by atoms with Gasteiger partial charge in [-0.3, -0.25) is 0 Å². The average Bonchev–Trinajstić information content (AvgIpc) is 2.62. The molecule has 3 N–H and O–H groups in total. The average molecular weight is 370 g/mol. The smallest absolute Gasteiger partial charge is 0.156 e. The molecule has 3 aliphatic carbocycles. The molecule has 0 aromatic carbocycles. The fourth-order valence-corrected chi connectivity index (χ4v) is 5.25. The lowest BCUT2D eigenvalue weighted by Crippen LogP contribution is -2.47. The predicted molar refractivity (Wildman–Crippen MR) is 102 cm³/mol. The third-order valence-electron chi connectivity index (χ3n) is 6.68. The molecule has 142 valence electrons. The van der Waals surface area contributed by atoms with E-state index in [1.165, 1.54) is 12.8 Å². The summed E-state index contributed by atoms with van der Waals surface area (Å²) in [6.07, 6.45) is 9.24. The van der Waals surface area contributed by atoms with Crippen molar-refractivity contribution in [3.63, 3.8) is 0 Å². The Hall–Kier alpha value is -0.520. The van der Waals surface area contributed by atoms with Gasteiger partial charge in [0.1, 0.15) is 6.72 Å². The molecule has 5 atom stereocenters. The summed E-state index contributed by atoms with van der Waals surface area (Å²) in [7, 11) is 0. The molecule has 0 bridgehead atoms. The molecule has 0 radical (unpaired) electrons. The van der Waals surface area contributed by atoms with E-state index in [9.17, 15) is 5.11 Å². The minimum Gasteiger partial charge on any atom is -0.391 e.